The Labute approximate surface area is 159 Å². The van der Waals surface area contributed by atoms with Crippen LogP contribution in [0.15, 0.2) is 12.1 Å². The first-order valence-electron chi connectivity index (χ1n) is 8.59. The third-order valence-corrected chi connectivity index (χ3v) is 4.22. The zero-order valence-corrected chi connectivity index (χ0v) is 15.5. The first-order valence-corrected chi connectivity index (χ1v) is 8.59. The number of rotatable bonds is 2. The highest BCUT2D eigenvalue weighted by molar-refractivity contribution is 6.26. The van der Waals surface area contributed by atoms with Crippen LogP contribution >= 0.6 is 0 Å². The van der Waals surface area contributed by atoms with Gasteiger partial charge in [0.15, 0.2) is 6.04 Å². The second kappa shape index (κ2) is 6.63. The van der Waals surface area contributed by atoms with Crippen molar-refractivity contribution in [3.63, 3.8) is 0 Å². The number of carbonyl (C=O) groups is 4. The van der Waals surface area contributed by atoms with Gasteiger partial charge in [-0.15, -0.1) is 4.99 Å². The van der Waals surface area contributed by atoms with E-state index >= 15 is 0 Å². The van der Waals surface area contributed by atoms with Gasteiger partial charge in [-0.25, -0.2) is 9.59 Å². The van der Waals surface area contributed by atoms with E-state index in [1.807, 2.05) is 0 Å². The maximum atomic E-state index is 12.9. The lowest BCUT2D eigenvalue weighted by atomic mass is 10.1. The number of nitrogens with zero attached hydrogens (tertiary/aromatic N) is 1. The average Bonchev–Trinajstić information content (AvgIpc) is 2.81. The summed E-state index contributed by atoms with van der Waals surface area (Å²) >= 11 is 0. The summed E-state index contributed by atoms with van der Waals surface area (Å²) in [6, 6.07) is 1.38. The van der Waals surface area contributed by atoms with Crippen molar-refractivity contribution in [1.82, 2.24) is 4.90 Å². The van der Waals surface area contributed by atoms with E-state index in [1.165, 1.54) is 12.1 Å². The number of nitrogens with one attached hydrogen (secondary N) is 2. The molecule has 0 aliphatic carbocycles. The highest BCUT2D eigenvalue weighted by Crippen LogP contribution is 2.37. The number of carbonyl (C=O) groups excluding carboxylic acids is 4. The molecular weight excluding hydrogens is 370 g/mol. The summed E-state index contributed by atoms with van der Waals surface area (Å²) < 4.78 is 5.15. The topological polar surface area (TPSA) is 147 Å². The Morgan fingerprint density at radius 3 is 2.43 bits per heavy atom. The molecule has 0 saturated heterocycles. The normalized spacial score (nSPS) is 19.4. The van der Waals surface area contributed by atoms with E-state index in [9.17, 15) is 29.4 Å². The fraction of sp³-hybridized carbons (Fsp3) is 0.389. The van der Waals surface area contributed by atoms with Gasteiger partial charge in [0.05, 0.1) is 23.2 Å². The number of ether oxygens (including phenoxy) is 1. The Morgan fingerprint density at radius 1 is 1.18 bits per heavy atom. The molecule has 10 heteroatoms. The smallest absolute Gasteiger partial charge is 0.412 e. The Hall–Kier alpha value is -3.43. The van der Waals surface area contributed by atoms with Gasteiger partial charge in [-0.05, 0) is 39.3 Å². The standard InChI is InChI=1S/C18H19N3O7/c1-18(2,3)28-17(27)19-8-4-6-10(22)13-12(8)15(25)21(16(13)26)9-5-7-11(23)20-14(9)24/h4,6,9,22H,5,7H2,1-3H3,(H,19,27)(H,20,23,24)/p+1. The zero-order valence-electron chi connectivity index (χ0n) is 15.5. The minimum atomic E-state index is -1.07. The number of aliphatic hydroxyl groups excluding tert-OH is 1. The van der Waals surface area contributed by atoms with Crippen molar-refractivity contribution in [2.24, 2.45) is 0 Å². The third-order valence-electron chi connectivity index (χ3n) is 4.22. The van der Waals surface area contributed by atoms with Crippen molar-refractivity contribution in [3.05, 3.63) is 23.3 Å². The number of phenolic OH excluding ortho intramolecular Hbond substituents is 1. The van der Waals surface area contributed by atoms with E-state index < -0.39 is 47.1 Å². The lowest BCUT2D eigenvalue weighted by Gasteiger charge is -2.23. The molecular formula is C18H20N3O7+. The predicted octanol–water partition coefficient (Wildman–Crippen LogP) is 0.0613. The van der Waals surface area contributed by atoms with Gasteiger partial charge in [-0.3, -0.25) is 19.8 Å². The summed E-state index contributed by atoms with van der Waals surface area (Å²) in [5.41, 5.74) is -1.29. The zero-order chi connectivity index (χ0) is 20.8. The van der Waals surface area contributed by atoms with Gasteiger partial charge in [0.25, 0.3) is 11.8 Å². The van der Waals surface area contributed by atoms with Crippen LogP contribution in [-0.2, 0) is 9.53 Å². The maximum Gasteiger partial charge on any atom is 0.412 e. The van der Waals surface area contributed by atoms with Gasteiger partial charge in [0.2, 0.25) is 0 Å². The molecule has 0 spiro atoms. The SMILES string of the molecule is CC(C)(C)OC(=O)Nc1ccc(O)c2c1C(=O)N(C1CCC(=O)[NH+]=C1O)C2=O. The van der Waals surface area contributed by atoms with Crippen LogP contribution in [0.4, 0.5) is 10.5 Å². The number of aromatic hydroxyl groups is 1. The number of amides is 4. The Kier molecular flexibility index (Phi) is 4.58. The third kappa shape index (κ3) is 3.40. The molecule has 3 rings (SSSR count). The second-order valence-corrected chi connectivity index (χ2v) is 7.48. The Balaban J connectivity index is 1.98. The molecule has 10 nitrogen and oxygen atoms in total. The maximum absolute atomic E-state index is 12.9. The van der Waals surface area contributed by atoms with E-state index in [-0.39, 0.29) is 29.7 Å². The summed E-state index contributed by atoms with van der Waals surface area (Å²) in [5.74, 6) is -3.04. The number of hydrogen-bond acceptors (Lipinski definition) is 6. The van der Waals surface area contributed by atoms with E-state index in [0.717, 1.165) is 4.90 Å². The number of phenols is 1. The minimum Gasteiger partial charge on any atom is -0.507 e. The first-order chi connectivity index (χ1) is 13.0. The van der Waals surface area contributed by atoms with Crippen LogP contribution in [0.1, 0.15) is 54.3 Å². The quantitative estimate of drug-likeness (QED) is 0.412. The summed E-state index contributed by atoms with van der Waals surface area (Å²) in [4.78, 5) is 52.1. The van der Waals surface area contributed by atoms with Crippen molar-refractivity contribution in [1.29, 1.82) is 0 Å². The van der Waals surface area contributed by atoms with E-state index in [0.29, 0.717) is 0 Å². The van der Waals surface area contributed by atoms with E-state index in [2.05, 4.69) is 10.3 Å². The highest BCUT2D eigenvalue weighted by atomic mass is 16.6. The molecule has 1 aromatic rings. The van der Waals surface area contributed by atoms with Gasteiger partial charge in [-0.1, -0.05) is 0 Å². The summed E-state index contributed by atoms with van der Waals surface area (Å²) in [6.45, 7) is 5.00. The molecule has 1 atom stereocenters. The van der Waals surface area contributed by atoms with Crippen LogP contribution in [0.3, 0.4) is 0 Å². The number of hydrogen-bond donors (Lipinski definition) is 4. The number of fused-ring (bicyclic) bond motifs is 1. The molecule has 4 N–H and O–H groups in total. The summed E-state index contributed by atoms with van der Waals surface area (Å²) in [5, 5.41) is 22.5. The molecule has 2 aliphatic rings. The lowest BCUT2D eigenvalue weighted by Crippen LogP contribution is -2.82. The summed E-state index contributed by atoms with van der Waals surface area (Å²) in [7, 11) is 0. The van der Waals surface area contributed by atoms with Crippen LogP contribution in [0.5, 0.6) is 5.75 Å². The Morgan fingerprint density at radius 2 is 1.82 bits per heavy atom. The van der Waals surface area contributed by atoms with Crippen molar-refractivity contribution in [3.8, 4) is 5.75 Å². The van der Waals surface area contributed by atoms with E-state index in [1.54, 1.807) is 20.8 Å². The highest BCUT2D eigenvalue weighted by Gasteiger charge is 2.48. The number of anilines is 1. The second-order valence-electron chi connectivity index (χ2n) is 7.48. The van der Waals surface area contributed by atoms with Gasteiger partial charge in [-0.2, -0.15) is 0 Å². The van der Waals surface area contributed by atoms with Gasteiger partial charge >= 0.3 is 17.9 Å². The monoisotopic (exact) mass is 390 g/mol. The predicted molar refractivity (Wildman–Crippen MR) is 95.1 cm³/mol. The molecule has 1 aromatic carbocycles. The molecule has 1 unspecified atom stereocenters. The van der Waals surface area contributed by atoms with E-state index in [4.69, 9.17) is 4.74 Å². The van der Waals surface area contributed by atoms with Crippen LogP contribution < -0.4 is 10.3 Å². The van der Waals surface area contributed by atoms with Crippen LogP contribution in [-0.4, -0.2) is 56.5 Å². The molecule has 148 valence electrons. The molecule has 0 bridgehead atoms. The lowest BCUT2D eigenvalue weighted by molar-refractivity contribution is -0.394. The first kappa shape index (κ1) is 19.3. The summed E-state index contributed by atoms with van der Waals surface area (Å²) in [6.07, 6.45) is -0.783. The van der Waals surface area contributed by atoms with Crippen LogP contribution in [0, 0.1) is 0 Å². The molecule has 0 radical (unpaired) electrons. The molecule has 2 heterocycles. The van der Waals surface area contributed by atoms with Gasteiger partial charge < -0.3 is 14.9 Å². The minimum absolute atomic E-state index is 0.0110. The fourth-order valence-electron chi connectivity index (χ4n) is 3.11. The van der Waals surface area contributed by atoms with Gasteiger partial charge in [0, 0.05) is 0 Å². The largest absolute Gasteiger partial charge is 0.507 e. The van der Waals surface area contributed by atoms with Crippen LogP contribution in [0.2, 0.25) is 0 Å². The number of benzene rings is 1. The molecule has 4 amide bonds. The molecule has 0 aromatic heterocycles. The Bertz CT molecular complexity index is 930. The molecule has 0 fully saturated rings. The van der Waals surface area contributed by atoms with Crippen molar-refractivity contribution in [2.45, 2.75) is 45.3 Å². The average molecular weight is 390 g/mol. The van der Waals surface area contributed by atoms with Crippen molar-refractivity contribution >= 4 is 35.4 Å². The van der Waals surface area contributed by atoms with Crippen LogP contribution in [0.25, 0.3) is 0 Å². The molecule has 2 aliphatic heterocycles. The molecule has 28 heavy (non-hydrogen) atoms. The number of aliphatic hydroxyl groups is 1. The van der Waals surface area contributed by atoms with Crippen molar-refractivity contribution < 1.29 is 39.1 Å². The van der Waals surface area contributed by atoms with Gasteiger partial charge in [0.1, 0.15) is 11.4 Å². The fourth-order valence-corrected chi connectivity index (χ4v) is 3.11. The van der Waals surface area contributed by atoms with Crippen molar-refractivity contribution in [2.75, 3.05) is 5.32 Å². The molecule has 0 saturated carbocycles. The number of imide groups is 1.